The van der Waals surface area contributed by atoms with Crippen LogP contribution < -0.4 is 0 Å². The van der Waals surface area contributed by atoms with Crippen LogP contribution in [-0.2, 0) is 9.59 Å². The maximum absolute atomic E-state index is 9.37. The summed E-state index contributed by atoms with van der Waals surface area (Å²) in [6.45, 7) is 4.56. The lowest BCUT2D eigenvalue weighted by Gasteiger charge is -1.71. The van der Waals surface area contributed by atoms with Crippen LogP contribution in [0.1, 0.15) is 13.3 Å². The third kappa shape index (κ3) is 49.4. The van der Waals surface area contributed by atoms with Crippen molar-refractivity contribution in [3.8, 4) is 0 Å². The number of hydrogen-bond acceptors (Lipinski definition) is 2. The molecule has 0 aliphatic heterocycles. The second-order valence-corrected chi connectivity index (χ2v) is 1.29. The SMILES string of the molecule is C=CC(=O)O.CCC(=O)O.Cl. The summed E-state index contributed by atoms with van der Waals surface area (Å²) in [6, 6.07) is 0. The molecule has 0 unspecified atom stereocenters. The number of aliphatic carboxylic acids is 2. The molecule has 0 atom stereocenters. The molecule has 0 fully saturated rings. The van der Waals surface area contributed by atoms with Crippen molar-refractivity contribution in [1.29, 1.82) is 0 Å². The highest BCUT2D eigenvalue weighted by atomic mass is 35.5. The first kappa shape index (κ1) is 16.5. The zero-order valence-electron chi connectivity index (χ0n) is 6.11. The summed E-state index contributed by atoms with van der Waals surface area (Å²) in [5, 5.41) is 15.3. The predicted molar refractivity (Wildman–Crippen MR) is 43.0 cm³/mol. The molecule has 0 saturated carbocycles. The molecule has 0 rings (SSSR count). The van der Waals surface area contributed by atoms with Crippen molar-refractivity contribution in [3.05, 3.63) is 12.7 Å². The summed E-state index contributed by atoms with van der Waals surface area (Å²) in [5.41, 5.74) is 0. The van der Waals surface area contributed by atoms with E-state index in [1.165, 1.54) is 0 Å². The molecule has 0 spiro atoms. The Kier molecular flexibility index (Phi) is 17.6. The average molecular weight is 183 g/mol. The Morgan fingerprint density at radius 1 is 1.45 bits per heavy atom. The number of rotatable bonds is 2. The molecule has 2 N–H and O–H groups in total. The maximum Gasteiger partial charge on any atom is 0.327 e. The van der Waals surface area contributed by atoms with Crippen molar-refractivity contribution in [2.24, 2.45) is 0 Å². The summed E-state index contributed by atoms with van der Waals surface area (Å²) < 4.78 is 0. The molecule has 11 heavy (non-hydrogen) atoms. The monoisotopic (exact) mass is 182 g/mol. The second kappa shape index (κ2) is 11.7. The quantitative estimate of drug-likeness (QED) is 0.629. The molecular formula is C6H11ClO4. The van der Waals surface area contributed by atoms with Crippen LogP contribution in [0.5, 0.6) is 0 Å². The predicted octanol–water partition coefficient (Wildman–Crippen LogP) is 1.16. The Hall–Kier alpha value is -1.03. The Labute approximate surface area is 70.9 Å². The number of carboxylic acid groups (broad SMARTS) is 2. The summed E-state index contributed by atoms with van der Waals surface area (Å²) in [5.74, 6) is -1.73. The van der Waals surface area contributed by atoms with Gasteiger partial charge in [0.15, 0.2) is 0 Å². The summed E-state index contributed by atoms with van der Waals surface area (Å²) in [7, 11) is 0. The van der Waals surface area contributed by atoms with Crippen molar-refractivity contribution in [3.63, 3.8) is 0 Å². The van der Waals surface area contributed by atoms with E-state index in [1.54, 1.807) is 6.92 Å². The van der Waals surface area contributed by atoms with E-state index >= 15 is 0 Å². The zero-order chi connectivity index (χ0) is 8.57. The fraction of sp³-hybridized carbons (Fsp3) is 0.333. The highest BCUT2D eigenvalue weighted by Gasteiger charge is 1.80. The average Bonchev–Trinajstić information content (AvgIpc) is 1.89. The minimum absolute atomic E-state index is 0. The van der Waals surface area contributed by atoms with Crippen molar-refractivity contribution < 1.29 is 19.8 Å². The van der Waals surface area contributed by atoms with Gasteiger partial charge in [-0.25, -0.2) is 4.79 Å². The van der Waals surface area contributed by atoms with Gasteiger partial charge < -0.3 is 10.2 Å². The number of halogens is 1. The van der Waals surface area contributed by atoms with Crippen LogP contribution in [0.4, 0.5) is 0 Å². The van der Waals surface area contributed by atoms with Crippen LogP contribution in [0, 0.1) is 0 Å². The fourth-order valence-corrected chi connectivity index (χ4v) is 0. The van der Waals surface area contributed by atoms with E-state index in [0.29, 0.717) is 0 Å². The molecule has 0 aromatic rings. The third-order valence-corrected chi connectivity index (χ3v) is 0.477. The topological polar surface area (TPSA) is 74.6 Å². The van der Waals surface area contributed by atoms with Gasteiger partial charge in [-0.2, -0.15) is 0 Å². The lowest BCUT2D eigenvalue weighted by Crippen LogP contribution is -1.86. The maximum atomic E-state index is 9.37. The van der Waals surface area contributed by atoms with Gasteiger partial charge in [0.1, 0.15) is 0 Å². The number of carbonyl (C=O) groups is 2. The normalized spacial score (nSPS) is 6.27. The Bertz CT molecular complexity index is 133. The molecule has 0 bridgehead atoms. The van der Waals surface area contributed by atoms with Gasteiger partial charge in [-0.05, 0) is 0 Å². The lowest BCUT2D eigenvalue weighted by atomic mass is 10.5. The van der Waals surface area contributed by atoms with Gasteiger partial charge in [0.25, 0.3) is 0 Å². The summed E-state index contributed by atoms with van der Waals surface area (Å²) in [6.07, 6.45) is 1.06. The molecule has 0 aliphatic carbocycles. The van der Waals surface area contributed by atoms with E-state index in [1.807, 2.05) is 0 Å². The van der Waals surface area contributed by atoms with Gasteiger partial charge in [-0.3, -0.25) is 4.79 Å². The first-order valence-corrected chi connectivity index (χ1v) is 2.61. The van der Waals surface area contributed by atoms with E-state index in [2.05, 4.69) is 6.58 Å². The Morgan fingerprint density at radius 2 is 1.64 bits per heavy atom. The molecule has 0 aliphatic rings. The standard InChI is InChI=1S/C3H6O2.C3H4O2.ClH/c2*1-2-3(4)5;/h2H2,1H3,(H,4,5);2H,1H2,(H,4,5);1H. The fourth-order valence-electron chi connectivity index (χ4n) is 0. The lowest BCUT2D eigenvalue weighted by molar-refractivity contribution is -0.136. The van der Waals surface area contributed by atoms with E-state index in [4.69, 9.17) is 10.2 Å². The van der Waals surface area contributed by atoms with Crippen molar-refractivity contribution >= 4 is 24.3 Å². The molecule has 66 valence electrons. The molecule has 0 aromatic carbocycles. The van der Waals surface area contributed by atoms with Crippen molar-refractivity contribution in [1.82, 2.24) is 0 Å². The third-order valence-electron chi connectivity index (χ3n) is 0.477. The van der Waals surface area contributed by atoms with Gasteiger partial charge >= 0.3 is 11.9 Å². The second-order valence-electron chi connectivity index (χ2n) is 1.29. The van der Waals surface area contributed by atoms with E-state index in [0.717, 1.165) is 6.08 Å². The number of carboxylic acids is 2. The highest BCUT2D eigenvalue weighted by molar-refractivity contribution is 5.85. The summed E-state index contributed by atoms with van der Waals surface area (Å²) in [4.78, 5) is 18.6. The molecule has 0 aromatic heterocycles. The van der Waals surface area contributed by atoms with Gasteiger partial charge in [0, 0.05) is 12.5 Å². The van der Waals surface area contributed by atoms with E-state index in [-0.39, 0.29) is 18.8 Å². The van der Waals surface area contributed by atoms with Crippen LogP contribution >= 0.6 is 12.4 Å². The first-order valence-electron chi connectivity index (χ1n) is 2.61. The van der Waals surface area contributed by atoms with Gasteiger partial charge in [0.2, 0.25) is 0 Å². The Balaban J connectivity index is -0.000000107. The van der Waals surface area contributed by atoms with E-state index < -0.39 is 11.9 Å². The first-order chi connectivity index (χ1) is 4.54. The van der Waals surface area contributed by atoms with Gasteiger partial charge in [-0.1, -0.05) is 13.5 Å². The molecule has 0 heterocycles. The van der Waals surface area contributed by atoms with Gasteiger partial charge in [0.05, 0.1) is 0 Å². The Morgan fingerprint density at radius 3 is 1.64 bits per heavy atom. The largest absolute Gasteiger partial charge is 0.481 e. The van der Waals surface area contributed by atoms with Crippen LogP contribution in [0.25, 0.3) is 0 Å². The minimum Gasteiger partial charge on any atom is -0.481 e. The number of hydrogen-bond donors (Lipinski definition) is 2. The molecule has 0 amide bonds. The van der Waals surface area contributed by atoms with Crippen LogP contribution in [0.3, 0.4) is 0 Å². The smallest absolute Gasteiger partial charge is 0.327 e. The molecule has 4 nitrogen and oxygen atoms in total. The van der Waals surface area contributed by atoms with Crippen molar-refractivity contribution in [2.75, 3.05) is 0 Å². The highest BCUT2D eigenvalue weighted by Crippen LogP contribution is 1.67. The van der Waals surface area contributed by atoms with Crippen molar-refractivity contribution in [2.45, 2.75) is 13.3 Å². The molecule has 0 saturated heterocycles. The van der Waals surface area contributed by atoms with Gasteiger partial charge in [-0.15, -0.1) is 12.4 Å². The summed E-state index contributed by atoms with van der Waals surface area (Å²) >= 11 is 0. The molecule has 0 radical (unpaired) electrons. The zero-order valence-corrected chi connectivity index (χ0v) is 6.93. The van der Waals surface area contributed by atoms with Crippen LogP contribution in [0.2, 0.25) is 0 Å². The van der Waals surface area contributed by atoms with E-state index in [9.17, 15) is 9.59 Å². The minimum atomic E-state index is -0.981. The van der Waals surface area contributed by atoms with Crippen LogP contribution in [0.15, 0.2) is 12.7 Å². The molecular weight excluding hydrogens is 172 g/mol. The molecule has 5 heteroatoms. The van der Waals surface area contributed by atoms with Crippen LogP contribution in [-0.4, -0.2) is 22.2 Å².